The topological polar surface area (TPSA) is 57.5 Å². The highest BCUT2D eigenvalue weighted by atomic mass is 127. The second kappa shape index (κ2) is 12.5. The van der Waals surface area contributed by atoms with Gasteiger partial charge in [0, 0.05) is 37.9 Å². The van der Waals surface area contributed by atoms with Crippen LogP contribution in [0.15, 0.2) is 4.99 Å². The molecule has 146 valence electrons. The summed E-state index contributed by atoms with van der Waals surface area (Å²) in [5.74, 6) is 0.855. The molecule has 7 heteroatoms. The molecular formula is C18H37IN6. The summed E-state index contributed by atoms with van der Waals surface area (Å²) < 4.78 is 1.93. The van der Waals surface area contributed by atoms with Crippen LogP contribution in [0.4, 0.5) is 0 Å². The molecule has 1 heterocycles. The number of aliphatic imine (C=N–C) groups is 1. The maximum Gasteiger partial charge on any atom is 0.191 e. The molecule has 0 fully saturated rings. The van der Waals surface area contributed by atoms with Gasteiger partial charge in [0.2, 0.25) is 0 Å². The van der Waals surface area contributed by atoms with E-state index in [4.69, 9.17) is 0 Å². The monoisotopic (exact) mass is 464 g/mol. The SMILES string of the molecule is CCN(CC)CCCC(C)NC(=NC)NCc1c(C)nn(C)c1C.I. The molecule has 1 unspecified atom stereocenters. The van der Waals surface area contributed by atoms with Crippen molar-refractivity contribution >= 4 is 29.9 Å². The first-order chi connectivity index (χ1) is 11.4. The summed E-state index contributed by atoms with van der Waals surface area (Å²) in [5, 5.41) is 11.4. The Labute approximate surface area is 170 Å². The standard InChI is InChI=1S/C18H36N6.HI/c1-8-24(9-2)12-10-11-14(3)21-18(19-6)20-13-17-15(4)22-23(7)16(17)5;/h14H,8-13H2,1-7H3,(H2,19,20,21);1H. The molecule has 0 spiro atoms. The van der Waals surface area contributed by atoms with Crippen LogP contribution in [-0.4, -0.2) is 53.4 Å². The Bertz CT molecular complexity index is 522. The Morgan fingerprint density at radius 3 is 2.40 bits per heavy atom. The quantitative estimate of drug-likeness (QED) is 0.335. The number of halogens is 1. The van der Waals surface area contributed by atoms with E-state index in [9.17, 15) is 0 Å². The average molecular weight is 464 g/mol. The molecule has 1 rings (SSSR count). The summed E-state index contributed by atoms with van der Waals surface area (Å²) >= 11 is 0. The van der Waals surface area contributed by atoms with Gasteiger partial charge in [0.15, 0.2) is 5.96 Å². The number of nitrogens with one attached hydrogen (secondary N) is 2. The minimum absolute atomic E-state index is 0. The first kappa shape index (κ1) is 24.2. The molecule has 0 aromatic carbocycles. The Kier molecular flexibility index (Phi) is 12.1. The maximum atomic E-state index is 4.46. The van der Waals surface area contributed by atoms with E-state index in [1.165, 1.54) is 24.2 Å². The molecular weight excluding hydrogens is 427 g/mol. The van der Waals surface area contributed by atoms with Gasteiger partial charge in [-0.25, -0.2) is 0 Å². The number of aromatic nitrogens is 2. The van der Waals surface area contributed by atoms with Crippen molar-refractivity contribution < 1.29 is 0 Å². The van der Waals surface area contributed by atoms with Crippen LogP contribution in [0.1, 0.15) is 50.6 Å². The van der Waals surface area contributed by atoms with Crippen molar-refractivity contribution in [1.29, 1.82) is 0 Å². The van der Waals surface area contributed by atoms with E-state index in [2.05, 4.69) is 60.2 Å². The lowest BCUT2D eigenvalue weighted by Crippen LogP contribution is -2.42. The smallest absolute Gasteiger partial charge is 0.191 e. The summed E-state index contributed by atoms with van der Waals surface area (Å²) in [6.45, 7) is 15.0. The van der Waals surface area contributed by atoms with Gasteiger partial charge in [0.1, 0.15) is 0 Å². The van der Waals surface area contributed by atoms with E-state index in [1.54, 1.807) is 0 Å². The molecule has 0 saturated carbocycles. The highest BCUT2D eigenvalue weighted by Crippen LogP contribution is 2.11. The number of guanidine groups is 1. The van der Waals surface area contributed by atoms with E-state index in [0.717, 1.165) is 37.7 Å². The van der Waals surface area contributed by atoms with Gasteiger partial charge >= 0.3 is 0 Å². The minimum atomic E-state index is 0. The van der Waals surface area contributed by atoms with Gasteiger partial charge in [-0.05, 0) is 53.2 Å². The van der Waals surface area contributed by atoms with Crippen LogP contribution >= 0.6 is 24.0 Å². The lowest BCUT2D eigenvalue weighted by atomic mass is 10.1. The molecule has 1 aromatic rings. The third-order valence-corrected chi connectivity index (χ3v) is 4.70. The van der Waals surface area contributed by atoms with Gasteiger partial charge in [-0.2, -0.15) is 5.10 Å². The molecule has 0 radical (unpaired) electrons. The molecule has 1 aromatic heterocycles. The molecule has 25 heavy (non-hydrogen) atoms. The van der Waals surface area contributed by atoms with Gasteiger partial charge in [-0.3, -0.25) is 9.67 Å². The van der Waals surface area contributed by atoms with Gasteiger partial charge < -0.3 is 15.5 Å². The Hall–Kier alpha value is -0.830. The number of nitrogens with zero attached hydrogens (tertiary/aromatic N) is 4. The van der Waals surface area contributed by atoms with Crippen molar-refractivity contribution in [2.45, 2.75) is 60.0 Å². The second-order valence-electron chi connectivity index (χ2n) is 6.41. The summed E-state index contributed by atoms with van der Waals surface area (Å²) in [7, 11) is 3.80. The van der Waals surface area contributed by atoms with E-state index in [0.29, 0.717) is 6.04 Å². The normalized spacial score (nSPS) is 12.9. The molecule has 0 aliphatic heterocycles. The summed E-state index contributed by atoms with van der Waals surface area (Å²) in [5.41, 5.74) is 3.52. The van der Waals surface area contributed by atoms with Crippen molar-refractivity contribution in [3.05, 3.63) is 17.0 Å². The molecule has 6 nitrogen and oxygen atoms in total. The number of aryl methyl sites for hydroxylation is 2. The van der Waals surface area contributed by atoms with Crippen LogP contribution in [0.2, 0.25) is 0 Å². The molecule has 2 N–H and O–H groups in total. The van der Waals surface area contributed by atoms with E-state index >= 15 is 0 Å². The fourth-order valence-electron chi connectivity index (χ4n) is 2.91. The van der Waals surface area contributed by atoms with Crippen LogP contribution < -0.4 is 10.6 Å². The molecule has 0 amide bonds. The van der Waals surface area contributed by atoms with Crippen molar-refractivity contribution in [3.8, 4) is 0 Å². The first-order valence-corrected chi connectivity index (χ1v) is 9.11. The van der Waals surface area contributed by atoms with Crippen molar-refractivity contribution in [3.63, 3.8) is 0 Å². The fourth-order valence-corrected chi connectivity index (χ4v) is 2.91. The van der Waals surface area contributed by atoms with Crippen LogP contribution in [0.5, 0.6) is 0 Å². The molecule has 1 atom stereocenters. The maximum absolute atomic E-state index is 4.46. The highest BCUT2D eigenvalue weighted by molar-refractivity contribution is 14.0. The molecule has 0 aliphatic carbocycles. The Balaban J connectivity index is 0.00000576. The van der Waals surface area contributed by atoms with Gasteiger partial charge in [0.25, 0.3) is 0 Å². The van der Waals surface area contributed by atoms with E-state index < -0.39 is 0 Å². The van der Waals surface area contributed by atoms with E-state index in [-0.39, 0.29) is 24.0 Å². The van der Waals surface area contributed by atoms with Gasteiger partial charge in [-0.1, -0.05) is 13.8 Å². The zero-order chi connectivity index (χ0) is 18.1. The summed E-state index contributed by atoms with van der Waals surface area (Å²) in [6.07, 6.45) is 2.34. The summed E-state index contributed by atoms with van der Waals surface area (Å²) in [6, 6.07) is 0.405. The molecule has 0 aliphatic rings. The van der Waals surface area contributed by atoms with E-state index in [1.807, 2.05) is 18.8 Å². The zero-order valence-corrected chi connectivity index (χ0v) is 19.3. The Morgan fingerprint density at radius 2 is 1.92 bits per heavy atom. The van der Waals surface area contributed by atoms with Crippen LogP contribution in [-0.2, 0) is 13.6 Å². The number of hydrogen-bond acceptors (Lipinski definition) is 3. The third-order valence-electron chi connectivity index (χ3n) is 4.70. The van der Waals surface area contributed by atoms with Gasteiger partial charge in [-0.15, -0.1) is 24.0 Å². The molecule has 0 bridgehead atoms. The number of hydrogen-bond donors (Lipinski definition) is 2. The van der Waals surface area contributed by atoms with Crippen molar-refractivity contribution in [2.24, 2.45) is 12.0 Å². The minimum Gasteiger partial charge on any atom is -0.354 e. The van der Waals surface area contributed by atoms with Crippen molar-refractivity contribution in [1.82, 2.24) is 25.3 Å². The summed E-state index contributed by atoms with van der Waals surface area (Å²) in [4.78, 5) is 6.81. The fraction of sp³-hybridized carbons (Fsp3) is 0.778. The predicted molar refractivity (Wildman–Crippen MR) is 118 cm³/mol. The lowest BCUT2D eigenvalue weighted by Gasteiger charge is -2.21. The third kappa shape index (κ3) is 7.94. The average Bonchev–Trinajstić information content (AvgIpc) is 2.80. The van der Waals surface area contributed by atoms with Crippen LogP contribution in [0.3, 0.4) is 0 Å². The molecule has 0 saturated heterocycles. The predicted octanol–water partition coefficient (Wildman–Crippen LogP) is 2.83. The zero-order valence-electron chi connectivity index (χ0n) is 17.0. The first-order valence-electron chi connectivity index (χ1n) is 9.11. The Morgan fingerprint density at radius 1 is 1.28 bits per heavy atom. The van der Waals surface area contributed by atoms with Gasteiger partial charge in [0.05, 0.1) is 5.69 Å². The van der Waals surface area contributed by atoms with Crippen LogP contribution in [0.25, 0.3) is 0 Å². The lowest BCUT2D eigenvalue weighted by molar-refractivity contribution is 0.292. The second-order valence-corrected chi connectivity index (χ2v) is 6.41. The number of rotatable bonds is 9. The van der Waals surface area contributed by atoms with Crippen molar-refractivity contribution in [2.75, 3.05) is 26.7 Å². The van der Waals surface area contributed by atoms with Crippen LogP contribution in [0, 0.1) is 13.8 Å². The highest BCUT2D eigenvalue weighted by Gasteiger charge is 2.11. The largest absolute Gasteiger partial charge is 0.354 e.